The molecule has 0 saturated heterocycles. The monoisotopic (exact) mass is 320 g/mol. The number of nitrogens with zero attached hydrogens (tertiary/aromatic N) is 4. The van der Waals surface area contributed by atoms with E-state index in [1.165, 1.54) is 14.2 Å². The van der Waals surface area contributed by atoms with Gasteiger partial charge in [0.1, 0.15) is 5.65 Å². The Hall–Kier alpha value is -2.61. The normalized spacial score (nSPS) is 11.0. The van der Waals surface area contributed by atoms with Gasteiger partial charge in [-0.3, -0.25) is 4.79 Å². The van der Waals surface area contributed by atoms with Crippen molar-refractivity contribution in [3.8, 4) is 0 Å². The number of hydrazine groups is 1. The lowest BCUT2D eigenvalue weighted by Gasteiger charge is -2.25. The van der Waals surface area contributed by atoms with Gasteiger partial charge in [-0.05, 0) is 18.2 Å². The van der Waals surface area contributed by atoms with Crippen LogP contribution in [0.5, 0.6) is 0 Å². The summed E-state index contributed by atoms with van der Waals surface area (Å²) in [4.78, 5) is 26.8. The number of hydrogen-bond donors (Lipinski definition) is 1. The summed E-state index contributed by atoms with van der Waals surface area (Å²) in [6.07, 6.45) is 0.874. The number of methoxy groups -OCH3 is 1. The predicted octanol–water partition coefficient (Wildman–Crippen LogP) is 1.56. The van der Waals surface area contributed by atoms with Gasteiger partial charge < -0.3 is 14.4 Å². The van der Waals surface area contributed by atoms with E-state index in [2.05, 4.69) is 9.72 Å². The molecule has 23 heavy (non-hydrogen) atoms. The van der Waals surface area contributed by atoms with Crippen molar-refractivity contribution in [2.45, 2.75) is 19.5 Å². The molecule has 2 aromatic heterocycles. The largest absolute Gasteiger partial charge is 0.469 e. The molecule has 0 aliphatic heterocycles. The number of aryl methyl sites for hydroxylation is 1. The molecule has 124 valence electrons. The lowest BCUT2D eigenvalue weighted by Crippen LogP contribution is -2.40. The molecule has 0 unspecified atom stereocenters. The molecule has 0 bridgehead atoms. The van der Waals surface area contributed by atoms with Crippen LogP contribution in [0.4, 0.5) is 4.79 Å². The Morgan fingerprint density at radius 2 is 2.13 bits per heavy atom. The van der Waals surface area contributed by atoms with Crippen molar-refractivity contribution in [2.24, 2.45) is 0 Å². The van der Waals surface area contributed by atoms with Gasteiger partial charge in [-0.1, -0.05) is 0 Å². The van der Waals surface area contributed by atoms with Crippen molar-refractivity contribution in [3.63, 3.8) is 0 Å². The first-order chi connectivity index (χ1) is 10.9. The number of carbonyl (C=O) groups is 2. The summed E-state index contributed by atoms with van der Waals surface area (Å²) in [5.41, 5.74) is 1.64. The highest BCUT2D eigenvalue weighted by atomic mass is 16.5. The summed E-state index contributed by atoms with van der Waals surface area (Å²) < 4.78 is 6.60. The molecule has 2 aromatic rings. The van der Waals surface area contributed by atoms with E-state index in [9.17, 15) is 9.59 Å². The molecule has 8 heteroatoms. The van der Waals surface area contributed by atoms with Gasteiger partial charge in [0.15, 0.2) is 0 Å². The Kier molecular flexibility index (Phi) is 5.17. The van der Waals surface area contributed by atoms with Gasteiger partial charge in [0, 0.05) is 37.9 Å². The highest BCUT2D eigenvalue weighted by Gasteiger charge is 2.17. The fraction of sp³-hybridized carbons (Fsp3) is 0.400. The fourth-order valence-electron chi connectivity index (χ4n) is 2.31. The van der Waals surface area contributed by atoms with Crippen LogP contribution >= 0.6 is 0 Å². The molecule has 0 aliphatic carbocycles. The van der Waals surface area contributed by atoms with E-state index in [4.69, 9.17) is 5.11 Å². The maximum atomic E-state index is 11.4. The van der Waals surface area contributed by atoms with Crippen LogP contribution in [-0.2, 0) is 22.6 Å². The molecule has 0 atom stereocenters. The molecule has 2 rings (SSSR count). The van der Waals surface area contributed by atoms with Crippen molar-refractivity contribution >= 4 is 23.1 Å². The number of hydrogen-bond acceptors (Lipinski definition) is 5. The smallest absolute Gasteiger partial charge is 0.421 e. The van der Waals surface area contributed by atoms with Crippen molar-refractivity contribution < 1.29 is 19.4 Å². The second-order valence-corrected chi connectivity index (χ2v) is 5.15. The van der Waals surface area contributed by atoms with E-state index in [-0.39, 0.29) is 12.4 Å². The molecule has 0 saturated carbocycles. The SMILES string of the molecule is COC(=O)CCn1c(CN(C)N(C)C(=O)O)cc2cccnc21. The Morgan fingerprint density at radius 3 is 2.78 bits per heavy atom. The number of amides is 1. The predicted molar refractivity (Wildman–Crippen MR) is 83.6 cm³/mol. The molecule has 0 spiro atoms. The minimum atomic E-state index is -1.04. The van der Waals surface area contributed by atoms with Gasteiger partial charge in [-0.25, -0.2) is 19.8 Å². The first-order valence-electron chi connectivity index (χ1n) is 7.11. The average molecular weight is 320 g/mol. The number of carbonyl (C=O) groups excluding carboxylic acids is 1. The lowest BCUT2D eigenvalue weighted by molar-refractivity contribution is -0.140. The van der Waals surface area contributed by atoms with Crippen LogP contribution in [0.2, 0.25) is 0 Å². The van der Waals surface area contributed by atoms with E-state index in [0.29, 0.717) is 13.1 Å². The second-order valence-electron chi connectivity index (χ2n) is 5.15. The van der Waals surface area contributed by atoms with Gasteiger partial charge in [0.2, 0.25) is 0 Å². The van der Waals surface area contributed by atoms with Crippen LogP contribution in [0, 0.1) is 0 Å². The minimum Gasteiger partial charge on any atom is -0.469 e. The van der Waals surface area contributed by atoms with Crippen molar-refractivity contribution in [3.05, 3.63) is 30.1 Å². The molecule has 2 heterocycles. The topological polar surface area (TPSA) is 87.9 Å². The summed E-state index contributed by atoms with van der Waals surface area (Å²) in [5, 5.41) is 12.7. The van der Waals surface area contributed by atoms with Gasteiger partial charge in [-0.15, -0.1) is 0 Å². The molecule has 8 nitrogen and oxygen atoms in total. The molecular formula is C15H20N4O4. The van der Waals surface area contributed by atoms with E-state index in [1.54, 1.807) is 18.3 Å². The zero-order valence-corrected chi connectivity index (χ0v) is 13.4. The molecule has 1 N–H and O–H groups in total. The van der Waals surface area contributed by atoms with Crippen molar-refractivity contribution in [2.75, 3.05) is 21.2 Å². The summed E-state index contributed by atoms with van der Waals surface area (Å²) in [6.45, 7) is 0.799. The number of ether oxygens (including phenoxy) is 1. The van der Waals surface area contributed by atoms with Crippen molar-refractivity contribution in [1.29, 1.82) is 0 Å². The molecule has 0 radical (unpaired) electrons. The second kappa shape index (κ2) is 7.10. The quantitative estimate of drug-likeness (QED) is 0.642. The summed E-state index contributed by atoms with van der Waals surface area (Å²) in [6, 6.07) is 5.72. The van der Waals surface area contributed by atoms with Crippen LogP contribution in [0.15, 0.2) is 24.4 Å². The Morgan fingerprint density at radius 1 is 1.39 bits per heavy atom. The number of aromatic nitrogens is 2. The minimum absolute atomic E-state index is 0.225. The third-order valence-corrected chi connectivity index (χ3v) is 3.69. The van der Waals surface area contributed by atoms with Crippen LogP contribution in [0.1, 0.15) is 12.1 Å². The van der Waals surface area contributed by atoms with Crippen LogP contribution < -0.4 is 0 Å². The van der Waals surface area contributed by atoms with E-state index in [0.717, 1.165) is 21.7 Å². The van der Waals surface area contributed by atoms with Gasteiger partial charge in [-0.2, -0.15) is 0 Å². The molecule has 0 aromatic carbocycles. The summed E-state index contributed by atoms with van der Waals surface area (Å²) in [7, 11) is 4.51. The van der Waals surface area contributed by atoms with Crippen LogP contribution in [0.25, 0.3) is 11.0 Å². The fourth-order valence-corrected chi connectivity index (χ4v) is 2.31. The zero-order chi connectivity index (χ0) is 17.0. The third-order valence-electron chi connectivity index (χ3n) is 3.69. The molecule has 0 aliphatic rings. The van der Waals surface area contributed by atoms with E-state index < -0.39 is 6.09 Å². The number of pyridine rings is 1. The maximum absolute atomic E-state index is 11.4. The molecule has 1 amide bonds. The van der Waals surface area contributed by atoms with Crippen LogP contribution in [-0.4, -0.2) is 57.9 Å². The Labute approximate surface area is 133 Å². The number of rotatable bonds is 6. The molecular weight excluding hydrogens is 300 g/mol. The number of esters is 1. The van der Waals surface area contributed by atoms with Gasteiger partial charge >= 0.3 is 12.1 Å². The van der Waals surface area contributed by atoms with Gasteiger partial charge in [0.05, 0.1) is 20.1 Å². The highest BCUT2D eigenvalue weighted by molar-refractivity contribution is 5.77. The van der Waals surface area contributed by atoms with Gasteiger partial charge in [0.25, 0.3) is 0 Å². The number of carboxylic acid groups (broad SMARTS) is 1. The standard InChI is InChI=1S/C15H20N4O4/c1-17(18(2)15(21)22)10-12-9-11-5-4-7-16-14(11)19(12)8-6-13(20)23-3/h4-5,7,9H,6,8,10H2,1-3H3,(H,21,22). The van der Waals surface area contributed by atoms with E-state index in [1.807, 2.05) is 22.8 Å². The summed E-state index contributed by atoms with van der Waals surface area (Å²) in [5.74, 6) is -0.301. The number of fused-ring (bicyclic) bond motifs is 1. The third kappa shape index (κ3) is 3.78. The summed E-state index contributed by atoms with van der Waals surface area (Å²) >= 11 is 0. The van der Waals surface area contributed by atoms with Crippen LogP contribution in [0.3, 0.4) is 0 Å². The Bertz CT molecular complexity index is 713. The van der Waals surface area contributed by atoms with Crippen molar-refractivity contribution in [1.82, 2.24) is 19.6 Å². The zero-order valence-electron chi connectivity index (χ0n) is 13.4. The lowest BCUT2D eigenvalue weighted by atomic mass is 10.3. The average Bonchev–Trinajstić information content (AvgIpc) is 2.88. The molecule has 0 fully saturated rings. The van der Waals surface area contributed by atoms with E-state index >= 15 is 0 Å². The highest BCUT2D eigenvalue weighted by Crippen LogP contribution is 2.20. The first kappa shape index (κ1) is 16.8. The first-order valence-corrected chi connectivity index (χ1v) is 7.11. The Balaban J connectivity index is 2.30. The maximum Gasteiger partial charge on any atom is 0.421 e.